The van der Waals surface area contributed by atoms with Gasteiger partial charge in [0.1, 0.15) is 5.82 Å². The number of piperidine rings is 1. The molecule has 0 radical (unpaired) electrons. The number of nitrogens with zero attached hydrogens (tertiary/aromatic N) is 1. The molecule has 2 amide bonds. The lowest BCUT2D eigenvalue weighted by atomic mass is 9.83. The zero-order valence-electron chi connectivity index (χ0n) is 15.1. The van der Waals surface area contributed by atoms with Gasteiger partial charge in [0.2, 0.25) is 11.8 Å². The SMILES string of the molecule is CN1C(=O)CCC(C(=O)NCC(=O)C(C)(C)C)C1c1ccc(F)cc1. The van der Waals surface area contributed by atoms with Crippen LogP contribution >= 0.6 is 0 Å². The Bertz CT molecular complexity index is 664. The predicted octanol–water partition coefficient (Wildman–Crippen LogP) is 2.47. The van der Waals surface area contributed by atoms with Crippen molar-refractivity contribution in [1.82, 2.24) is 10.2 Å². The molecule has 1 fully saturated rings. The molecule has 1 aliphatic heterocycles. The van der Waals surface area contributed by atoms with E-state index in [1.54, 1.807) is 40.0 Å². The molecule has 6 heteroatoms. The summed E-state index contributed by atoms with van der Waals surface area (Å²) >= 11 is 0. The molecule has 0 aromatic heterocycles. The first kappa shape index (κ1) is 19.1. The van der Waals surface area contributed by atoms with Crippen LogP contribution in [-0.4, -0.2) is 36.1 Å². The third-order valence-electron chi connectivity index (χ3n) is 4.67. The number of Topliss-reactive ketones (excluding diaryl/α,β-unsaturated/α-hetero) is 1. The lowest BCUT2D eigenvalue weighted by molar-refractivity contribution is -0.142. The lowest BCUT2D eigenvalue weighted by Crippen LogP contribution is -2.47. The molecule has 2 atom stereocenters. The second-order valence-corrected chi connectivity index (χ2v) is 7.54. The van der Waals surface area contributed by atoms with Gasteiger partial charge in [-0.1, -0.05) is 32.9 Å². The molecule has 1 saturated heterocycles. The Hall–Kier alpha value is -2.24. The van der Waals surface area contributed by atoms with Crippen molar-refractivity contribution in [2.75, 3.05) is 13.6 Å². The van der Waals surface area contributed by atoms with E-state index in [0.717, 1.165) is 0 Å². The Morgan fingerprint density at radius 3 is 2.40 bits per heavy atom. The van der Waals surface area contributed by atoms with E-state index in [1.165, 1.54) is 17.0 Å². The highest BCUT2D eigenvalue weighted by Gasteiger charge is 2.39. The first-order valence-corrected chi connectivity index (χ1v) is 8.43. The summed E-state index contributed by atoms with van der Waals surface area (Å²) in [4.78, 5) is 38.3. The molecular formula is C19H25FN2O3. The van der Waals surface area contributed by atoms with E-state index < -0.39 is 17.4 Å². The number of hydrogen-bond donors (Lipinski definition) is 1. The molecule has 1 aromatic carbocycles. The Morgan fingerprint density at radius 2 is 1.84 bits per heavy atom. The zero-order chi connectivity index (χ0) is 18.8. The lowest BCUT2D eigenvalue weighted by Gasteiger charge is -2.38. The number of amides is 2. The van der Waals surface area contributed by atoms with Gasteiger partial charge in [-0.2, -0.15) is 0 Å². The number of carbonyl (C=O) groups is 3. The van der Waals surface area contributed by atoms with Crippen molar-refractivity contribution in [3.8, 4) is 0 Å². The van der Waals surface area contributed by atoms with Gasteiger partial charge >= 0.3 is 0 Å². The Balaban J connectivity index is 2.18. The predicted molar refractivity (Wildman–Crippen MR) is 92.1 cm³/mol. The minimum atomic E-state index is -0.525. The second kappa shape index (κ2) is 7.33. The molecule has 0 bridgehead atoms. The molecular weight excluding hydrogens is 323 g/mol. The van der Waals surface area contributed by atoms with Gasteiger partial charge in [-0.15, -0.1) is 0 Å². The number of benzene rings is 1. The third-order valence-corrected chi connectivity index (χ3v) is 4.67. The molecule has 2 unspecified atom stereocenters. The van der Waals surface area contributed by atoms with E-state index in [9.17, 15) is 18.8 Å². The van der Waals surface area contributed by atoms with Gasteiger partial charge < -0.3 is 10.2 Å². The van der Waals surface area contributed by atoms with Gasteiger partial charge in [0.25, 0.3) is 0 Å². The molecule has 0 aliphatic carbocycles. The quantitative estimate of drug-likeness (QED) is 0.909. The normalized spacial score (nSPS) is 21.2. The molecule has 0 spiro atoms. The summed E-state index contributed by atoms with van der Waals surface area (Å²) in [5.74, 6) is -1.21. The fourth-order valence-corrected chi connectivity index (χ4v) is 2.99. The van der Waals surface area contributed by atoms with E-state index in [2.05, 4.69) is 5.32 Å². The van der Waals surface area contributed by atoms with Gasteiger partial charge in [0.05, 0.1) is 18.5 Å². The summed E-state index contributed by atoms with van der Waals surface area (Å²) < 4.78 is 13.2. The maximum absolute atomic E-state index is 13.2. The number of nitrogens with one attached hydrogen (secondary N) is 1. The number of rotatable bonds is 4. The van der Waals surface area contributed by atoms with Crippen molar-refractivity contribution >= 4 is 17.6 Å². The van der Waals surface area contributed by atoms with Gasteiger partial charge in [-0.25, -0.2) is 4.39 Å². The molecule has 5 nitrogen and oxygen atoms in total. The molecule has 0 saturated carbocycles. The zero-order valence-corrected chi connectivity index (χ0v) is 15.1. The number of halogens is 1. The van der Waals surface area contributed by atoms with E-state index in [4.69, 9.17) is 0 Å². The topological polar surface area (TPSA) is 66.5 Å². The van der Waals surface area contributed by atoms with Gasteiger partial charge in [0.15, 0.2) is 5.78 Å². The average molecular weight is 348 g/mol. The van der Waals surface area contributed by atoms with E-state index >= 15 is 0 Å². The van der Waals surface area contributed by atoms with Crippen LogP contribution in [0.2, 0.25) is 0 Å². The van der Waals surface area contributed by atoms with Crippen LogP contribution in [0.5, 0.6) is 0 Å². The Morgan fingerprint density at radius 1 is 1.24 bits per heavy atom. The Kier molecular flexibility index (Phi) is 5.60. The minimum absolute atomic E-state index is 0.0351. The summed E-state index contributed by atoms with van der Waals surface area (Å²) in [5, 5.41) is 2.70. The molecule has 1 N–H and O–H groups in total. The van der Waals surface area contributed by atoms with Crippen LogP contribution in [0, 0.1) is 17.2 Å². The molecule has 1 aliphatic rings. The van der Waals surface area contributed by atoms with Crippen LogP contribution in [0.15, 0.2) is 24.3 Å². The highest BCUT2D eigenvalue weighted by atomic mass is 19.1. The molecule has 1 heterocycles. The van der Waals surface area contributed by atoms with Gasteiger partial charge in [-0.05, 0) is 24.1 Å². The third kappa shape index (κ3) is 4.44. The first-order chi connectivity index (χ1) is 11.6. The smallest absolute Gasteiger partial charge is 0.225 e. The van der Waals surface area contributed by atoms with Gasteiger partial charge in [0, 0.05) is 18.9 Å². The molecule has 25 heavy (non-hydrogen) atoms. The van der Waals surface area contributed by atoms with Crippen molar-refractivity contribution in [3.05, 3.63) is 35.6 Å². The summed E-state index contributed by atoms with van der Waals surface area (Å²) in [5.41, 5.74) is 0.183. The van der Waals surface area contributed by atoms with Crippen LogP contribution in [-0.2, 0) is 14.4 Å². The van der Waals surface area contributed by atoms with Crippen molar-refractivity contribution in [2.45, 2.75) is 39.7 Å². The highest BCUT2D eigenvalue weighted by Crippen LogP contribution is 2.35. The second-order valence-electron chi connectivity index (χ2n) is 7.54. The van der Waals surface area contributed by atoms with Crippen LogP contribution in [0.4, 0.5) is 4.39 Å². The maximum atomic E-state index is 13.2. The van der Waals surface area contributed by atoms with E-state index in [1.807, 2.05) is 0 Å². The van der Waals surface area contributed by atoms with Crippen LogP contribution < -0.4 is 5.32 Å². The van der Waals surface area contributed by atoms with Crippen molar-refractivity contribution in [2.24, 2.45) is 11.3 Å². The number of likely N-dealkylation sites (tertiary alicyclic amines) is 1. The highest BCUT2D eigenvalue weighted by molar-refractivity contribution is 5.91. The van der Waals surface area contributed by atoms with Gasteiger partial charge in [-0.3, -0.25) is 14.4 Å². The fourth-order valence-electron chi connectivity index (χ4n) is 2.99. The molecule has 136 valence electrons. The van der Waals surface area contributed by atoms with Crippen LogP contribution in [0.3, 0.4) is 0 Å². The first-order valence-electron chi connectivity index (χ1n) is 8.43. The monoisotopic (exact) mass is 348 g/mol. The maximum Gasteiger partial charge on any atom is 0.225 e. The Labute approximate surface area is 147 Å². The van der Waals surface area contributed by atoms with Crippen molar-refractivity contribution in [1.29, 1.82) is 0 Å². The summed E-state index contributed by atoms with van der Waals surface area (Å²) in [7, 11) is 1.65. The van der Waals surface area contributed by atoms with Crippen LogP contribution in [0.1, 0.15) is 45.2 Å². The average Bonchev–Trinajstić information content (AvgIpc) is 2.54. The summed E-state index contributed by atoms with van der Waals surface area (Å²) in [6.07, 6.45) is 0.681. The van der Waals surface area contributed by atoms with E-state index in [0.29, 0.717) is 12.0 Å². The molecule has 1 aromatic rings. The van der Waals surface area contributed by atoms with Crippen molar-refractivity contribution < 1.29 is 18.8 Å². The molecule has 2 rings (SSSR count). The fraction of sp³-hybridized carbons (Fsp3) is 0.526. The standard InChI is InChI=1S/C19H25FN2O3/c1-19(2,3)15(23)11-21-18(25)14-9-10-16(24)22(4)17(14)12-5-7-13(20)8-6-12/h5-8,14,17H,9-11H2,1-4H3,(H,21,25). The van der Waals surface area contributed by atoms with E-state index in [-0.39, 0.29) is 36.4 Å². The van der Waals surface area contributed by atoms with Crippen LogP contribution in [0.25, 0.3) is 0 Å². The summed E-state index contributed by atoms with van der Waals surface area (Å²) in [6, 6.07) is 5.36. The number of ketones is 1. The largest absolute Gasteiger partial charge is 0.349 e. The number of hydrogen-bond acceptors (Lipinski definition) is 3. The number of carbonyl (C=O) groups excluding carboxylic acids is 3. The van der Waals surface area contributed by atoms with Crippen molar-refractivity contribution in [3.63, 3.8) is 0 Å². The minimum Gasteiger partial charge on any atom is -0.349 e. The summed E-state index contributed by atoms with van der Waals surface area (Å²) in [6.45, 7) is 5.37.